The Bertz CT molecular complexity index is 661. The number of nitrogens with zero attached hydrogens (tertiary/aromatic N) is 1. The number of aryl methyl sites for hydroxylation is 1. The van der Waals surface area contributed by atoms with E-state index < -0.39 is 27.9 Å². The second kappa shape index (κ2) is 6.49. The summed E-state index contributed by atoms with van der Waals surface area (Å²) in [6.45, 7) is 7.88. The van der Waals surface area contributed by atoms with Crippen LogP contribution in [0.2, 0.25) is 0 Å². The normalized spacial score (nSPS) is 19.0. The average molecular weight is 341 g/mol. The van der Waals surface area contributed by atoms with Gasteiger partial charge in [-0.1, -0.05) is 17.7 Å². The van der Waals surface area contributed by atoms with Crippen molar-refractivity contribution in [3.63, 3.8) is 0 Å². The van der Waals surface area contributed by atoms with Crippen LogP contribution in [-0.4, -0.2) is 44.2 Å². The molecule has 0 spiro atoms. The highest BCUT2D eigenvalue weighted by Gasteiger charge is 2.33. The monoisotopic (exact) mass is 341 g/mol. The Morgan fingerprint density at radius 3 is 2.39 bits per heavy atom. The molecule has 0 aliphatic carbocycles. The molecule has 1 aromatic carbocycles. The van der Waals surface area contributed by atoms with E-state index in [9.17, 15) is 13.2 Å². The number of carbonyl (C=O) groups is 1. The van der Waals surface area contributed by atoms with Gasteiger partial charge in [0.2, 0.25) is 0 Å². The van der Waals surface area contributed by atoms with Gasteiger partial charge in [0.25, 0.3) is 10.1 Å². The predicted molar refractivity (Wildman–Crippen MR) is 85.7 cm³/mol. The lowest BCUT2D eigenvalue weighted by molar-refractivity contribution is 0.0276. The Balaban J connectivity index is 1.97. The van der Waals surface area contributed by atoms with Crippen LogP contribution < -0.4 is 0 Å². The van der Waals surface area contributed by atoms with E-state index in [-0.39, 0.29) is 11.4 Å². The molecule has 1 heterocycles. The van der Waals surface area contributed by atoms with Crippen LogP contribution in [0.15, 0.2) is 29.2 Å². The Morgan fingerprint density at radius 2 is 1.83 bits per heavy atom. The molecule has 1 fully saturated rings. The van der Waals surface area contributed by atoms with Crippen molar-refractivity contribution in [3.05, 3.63) is 29.8 Å². The van der Waals surface area contributed by atoms with E-state index in [0.29, 0.717) is 13.0 Å². The minimum atomic E-state index is -3.82. The average Bonchev–Trinajstić information content (AvgIpc) is 2.85. The molecule has 7 heteroatoms. The largest absolute Gasteiger partial charge is 0.444 e. The number of ether oxygens (including phenoxy) is 1. The van der Waals surface area contributed by atoms with Crippen LogP contribution >= 0.6 is 0 Å². The molecule has 23 heavy (non-hydrogen) atoms. The zero-order valence-electron chi connectivity index (χ0n) is 13.9. The molecular weight excluding hydrogens is 318 g/mol. The van der Waals surface area contributed by atoms with E-state index in [0.717, 1.165) is 5.56 Å². The first-order chi connectivity index (χ1) is 10.6. The molecule has 1 aliphatic heterocycles. The van der Waals surface area contributed by atoms with Crippen LogP contribution in [-0.2, 0) is 19.0 Å². The number of hydrogen-bond acceptors (Lipinski definition) is 5. The number of rotatable bonds is 3. The summed E-state index contributed by atoms with van der Waals surface area (Å²) in [4.78, 5) is 13.6. The Labute approximate surface area is 137 Å². The third-order valence-electron chi connectivity index (χ3n) is 3.37. The summed E-state index contributed by atoms with van der Waals surface area (Å²) in [5.41, 5.74) is 0.394. The second-order valence-electron chi connectivity index (χ2n) is 6.70. The van der Waals surface area contributed by atoms with Gasteiger partial charge in [-0.2, -0.15) is 8.42 Å². The van der Waals surface area contributed by atoms with Crippen molar-refractivity contribution < 1.29 is 22.1 Å². The highest BCUT2D eigenvalue weighted by atomic mass is 32.2. The number of carbonyl (C=O) groups excluding carboxylic acids is 1. The molecule has 0 saturated carbocycles. The molecule has 0 N–H and O–H groups in total. The SMILES string of the molecule is Cc1ccc(S(=O)(=O)O[C@@H]2CCN(C(=O)OC(C)(C)C)C2)cc1. The van der Waals surface area contributed by atoms with E-state index in [1.165, 1.54) is 17.0 Å². The lowest BCUT2D eigenvalue weighted by Crippen LogP contribution is -2.36. The summed E-state index contributed by atoms with van der Waals surface area (Å²) in [5, 5.41) is 0. The van der Waals surface area contributed by atoms with Crippen LogP contribution in [0.3, 0.4) is 0 Å². The summed E-state index contributed by atoms with van der Waals surface area (Å²) < 4.78 is 35.0. The van der Waals surface area contributed by atoms with Crippen molar-refractivity contribution in [1.82, 2.24) is 4.90 Å². The first-order valence-corrected chi connectivity index (χ1v) is 8.95. The minimum Gasteiger partial charge on any atom is -0.444 e. The maximum absolute atomic E-state index is 12.2. The maximum Gasteiger partial charge on any atom is 0.410 e. The van der Waals surface area contributed by atoms with E-state index in [4.69, 9.17) is 8.92 Å². The summed E-state index contributed by atoms with van der Waals surface area (Å²) >= 11 is 0. The van der Waals surface area contributed by atoms with Crippen LogP contribution in [0.5, 0.6) is 0 Å². The second-order valence-corrected chi connectivity index (χ2v) is 8.27. The molecule has 0 unspecified atom stereocenters. The number of likely N-dealkylation sites (tertiary alicyclic amines) is 1. The highest BCUT2D eigenvalue weighted by Crippen LogP contribution is 2.22. The lowest BCUT2D eigenvalue weighted by atomic mass is 10.2. The van der Waals surface area contributed by atoms with Crippen LogP contribution in [0.4, 0.5) is 4.79 Å². The third-order valence-corrected chi connectivity index (χ3v) is 4.74. The van der Waals surface area contributed by atoms with Gasteiger partial charge in [0.1, 0.15) is 5.60 Å². The van der Waals surface area contributed by atoms with Gasteiger partial charge in [-0.3, -0.25) is 4.18 Å². The van der Waals surface area contributed by atoms with Gasteiger partial charge in [-0.15, -0.1) is 0 Å². The molecule has 2 rings (SSSR count). The van der Waals surface area contributed by atoms with E-state index in [1.807, 2.05) is 6.92 Å². The molecule has 0 bridgehead atoms. The fourth-order valence-corrected chi connectivity index (χ4v) is 3.33. The fraction of sp³-hybridized carbons (Fsp3) is 0.562. The Hall–Kier alpha value is -1.60. The lowest BCUT2D eigenvalue weighted by Gasteiger charge is -2.24. The van der Waals surface area contributed by atoms with Crippen molar-refractivity contribution in [2.24, 2.45) is 0 Å². The van der Waals surface area contributed by atoms with Crippen molar-refractivity contribution in [2.75, 3.05) is 13.1 Å². The molecule has 1 amide bonds. The first kappa shape index (κ1) is 17.7. The van der Waals surface area contributed by atoms with Gasteiger partial charge in [0.15, 0.2) is 0 Å². The van der Waals surface area contributed by atoms with Gasteiger partial charge in [0, 0.05) is 6.54 Å². The van der Waals surface area contributed by atoms with Gasteiger partial charge < -0.3 is 9.64 Å². The molecule has 6 nitrogen and oxygen atoms in total. The molecular formula is C16H23NO5S. The van der Waals surface area contributed by atoms with Gasteiger partial charge in [-0.05, 0) is 46.2 Å². The zero-order chi connectivity index (χ0) is 17.3. The van der Waals surface area contributed by atoms with Crippen molar-refractivity contribution in [1.29, 1.82) is 0 Å². The number of hydrogen-bond donors (Lipinski definition) is 0. The van der Waals surface area contributed by atoms with Crippen LogP contribution in [0.1, 0.15) is 32.8 Å². The quantitative estimate of drug-likeness (QED) is 0.790. The first-order valence-electron chi connectivity index (χ1n) is 7.55. The molecule has 0 radical (unpaired) electrons. The van der Waals surface area contributed by atoms with Gasteiger partial charge >= 0.3 is 6.09 Å². The van der Waals surface area contributed by atoms with Crippen molar-refractivity contribution in [2.45, 2.75) is 50.7 Å². The van der Waals surface area contributed by atoms with Crippen LogP contribution in [0.25, 0.3) is 0 Å². The Morgan fingerprint density at radius 1 is 1.22 bits per heavy atom. The number of benzene rings is 1. The highest BCUT2D eigenvalue weighted by molar-refractivity contribution is 7.86. The topological polar surface area (TPSA) is 72.9 Å². The molecule has 1 aromatic rings. The Kier molecular flexibility index (Phi) is 5.01. The fourth-order valence-electron chi connectivity index (χ4n) is 2.24. The molecule has 1 atom stereocenters. The summed E-state index contributed by atoms with van der Waals surface area (Å²) in [6, 6.07) is 6.48. The minimum absolute atomic E-state index is 0.124. The smallest absolute Gasteiger partial charge is 0.410 e. The molecule has 1 aliphatic rings. The summed E-state index contributed by atoms with van der Waals surface area (Å²) in [7, 11) is -3.82. The van der Waals surface area contributed by atoms with Crippen molar-refractivity contribution >= 4 is 16.2 Å². The summed E-state index contributed by atoms with van der Waals surface area (Å²) in [6.07, 6.45) is -0.533. The number of amides is 1. The standard InChI is InChI=1S/C16H23NO5S/c1-12-5-7-14(8-6-12)23(19,20)22-13-9-10-17(11-13)15(18)21-16(2,3)4/h5-8,13H,9-11H2,1-4H3/t13-/m1/s1. The van der Waals surface area contributed by atoms with Gasteiger partial charge in [-0.25, -0.2) is 4.79 Å². The summed E-state index contributed by atoms with van der Waals surface area (Å²) in [5.74, 6) is 0. The predicted octanol–water partition coefficient (Wildman–Crippen LogP) is 2.71. The molecule has 1 saturated heterocycles. The maximum atomic E-state index is 12.2. The third kappa shape index (κ3) is 4.94. The van der Waals surface area contributed by atoms with Gasteiger partial charge in [0.05, 0.1) is 17.5 Å². The molecule has 128 valence electrons. The van der Waals surface area contributed by atoms with Crippen molar-refractivity contribution in [3.8, 4) is 0 Å². The van der Waals surface area contributed by atoms with E-state index in [1.54, 1.807) is 32.9 Å². The van der Waals surface area contributed by atoms with E-state index >= 15 is 0 Å². The van der Waals surface area contributed by atoms with Crippen LogP contribution in [0, 0.1) is 6.92 Å². The molecule has 0 aromatic heterocycles. The zero-order valence-corrected chi connectivity index (χ0v) is 14.7. The van der Waals surface area contributed by atoms with E-state index in [2.05, 4.69) is 0 Å².